The van der Waals surface area contributed by atoms with E-state index in [2.05, 4.69) is 18.9 Å². The van der Waals surface area contributed by atoms with Gasteiger partial charge in [-0.1, -0.05) is 25.4 Å². The van der Waals surface area contributed by atoms with Gasteiger partial charge in [0.05, 0.1) is 27.7 Å². The Morgan fingerprint density at radius 3 is 2.29 bits per heavy atom. The van der Waals surface area contributed by atoms with E-state index >= 15 is 0 Å². The smallest absolute Gasteiger partial charge is 0.338 e. The molecule has 1 aromatic carbocycles. The molecule has 1 aliphatic rings. The summed E-state index contributed by atoms with van der Waals surface area (Å²) >= 11 is 6.19. The lowest BCUT2D eigenvalue weighted by Gasteiger charge is -2.34. The van der Waals surface area contributed by atoms with Crippen molar-refractivity contribution in [1.29, 1.82) is 0 Å². The number of amides is 1. The van der Waals surface area contributed by atoms with E-state index < -0.39 is 5.97 Å². The number of aryl methyl sites for hydroxylation is 1. The molecule has 28 heavy (non-hydrogen) atoms. The topological polar surface area (TPSA) is 64.4 Å². The Kier molecular flexibility index (Phi) is 6.08. The van der Waals surface area contributed by atoms with Gasteiger partial charge in [0.25, 0.3) is 5.91 Å². The predicted octanol–water partition coefficient (Wildman–Crippen LogP) is 3.80. The molecule has 0 saturated carbocycles. The number of aromatic nitrogens is 2. The lowest BCUT2D eigenvalue weighted by molar-refractivity contribution is -0.137. The van der Waals surface area contributed by atoms with E-state index in [4.69, 9.17) is 16.3 Å². The highest BCUT2D eigenvalue weighted by atomic mass is 35.5. The second-order valence-electron chi connectivity index (χ2n) is 7.76. The van der Waals surface area contributed by atoms with Crippen LogP contribution in [0.3, 0.4) is 0 Å². The zero-order valence-electron chi connectivity index (χ0n) is 16.7. The number of piperidine rings is 1. The zero-order valence-corrected chi connectivity index (χ0v) is 17.5. The fraction of sp³-hybridized carbons (Fsp3) is 0.476. The fourth-order valence-corrected chi connectivity index (χ4v) is 3.90. The Balaban J connectivity index is 1.60. The predicted molar refractivity (Wildman–Crippen MR) is 108 cm³/mol. The molecule has 1 fully saturated rings. The van der Waals surface area contributed by atoms with Crippen LogP contribution in [0.5, 0.6) is 0 Å². The molecular formula is C21H26ClN3O3. The molecule has 0 aliphatic carbocycles. The third-order valence-corrected chi connectivity index (χ3v) is 5.65. The van der Waals surface area contributed by atoms with Crippen LogP contribution in [0.4, 0.5) is 0 Å². The SMILES string of the molecule is Cc1nn(-c2ccc(C(=O)OCC(=O)N3CC(C)CC(C)C3)cc2)c(C)c1Cl. The molecule has 6 nitrogen and oxygen atoms in total. The van der Waals surface area contributed by atoms with Crippen LogP contribution in [-0.4, -0.2) is 46.3 Å². The highest BCUT2D eigenvalue weighted by Crippen LogP contribution is 2.23. The first-order valence-corrected chi connectivity index (χ1v) is 9.91. The molecule has 2 atom stereocenters. The summed E-state index contributed by atoms with van der Waals surface area (Å²) in [5.41, 5.74) is 2.79. The van der Waals surface area contributed by atoms with Crippen LogP contribution in [0.15, 0.2) is 24.3 Å². The standard InChI is InChI=1S/C21H26ClN3O3/c1-13-9-14(2)11-24(10-13)19(26)12-28-21(27)17-5-7-18(8-6-17)25-16(4)20(22)15(3)23-25/h5-8,13-14H,9-12H2,1-4H3. The third-order valence-electron chi connectivity index (χ3n) is 5.10. The minimum atomic E-state index is -0.510. The number of benzene rings is 1. The Morgan fingerprint density at radius 1 is 1.14 bits per heavy atom. The van der Waals surface area contributed by atoms with Crippen LogP contribution in [0.25, 0.3) is 5.69 Å². The van der Waals surface area contributed by atoms with Crippen molar-refractivity contribution in [1.82, 2.24) is 14.7 Å². The van der Waals surface area contributed by atoms with Gasteiger partial charge in [0.1, 0.15) is 0 Å². The molecule has 1 amide bonds. The van der Waals surface area contributed by atoms with Crippen molar-refractivity contribution in [3.63, 3.8) is 0 Å². The maximum absolute atomic E-state index is 12.4. The average Bonchev–Trinajstić information content (AvgIpc) is 2.92. The number of carbonyl (C=O) groups excluding carboxylic acids is 2. The van der Waals surface area contributed by atoms with Gasteiger partial charge in [0.15, 0.2) is 6.61 Å². The van der Waals surface area contributed by atoms with Gasteiger partial charge < -0.3 is 9.64 Å². The summed E-state index contributed by atoms with van der Waals surface area (Å²) in [7, 11) is 0. The van der Waals surface area contributed by atoms with Gasteiger partial charge in [-0.05, 0) is 56.4 Å². The number of hydrogen-bond donors (Lipinski definition) is 0. The number of hydrogen-bond acceptors (Lipinski definition) is 4. The Hall–Kier alpha value is -2.34. The number of rotatable bonds is 4. The number of ether oxygens (including phenoxy) is 1. The molecule has 150 valence electrons. The van der Waals surface area contributed by atoms with Crippen molar-refractivity contribution >= 4 is 23.5 Å². The largest absolute Gasteiger partial charge is 0.452 e. The minimum Gasteiger partial charge on any atom is -0.452 e. The Labute approximate surface area is 170 Å². The fourth-order valence-electron chi connectivity index (χ4n) is 3.78. The zero-order chi connectivity index (χ0) is 20.4. The van der Waals surface area contributed by atoms with E-state index in [9.17, 15) is 9.59 Å². The first kappa shape index (κ1) is 20.4. The maximum Gasteiger partial charge on any atom is 0.338 e. The molecule has 2 aromatic rings. The van der Waals surface area contributed by atoms with E-state index in [1.165, 1.54) is 0 Å². The molecule has 2 heterocycles. The van der Waals surface area contributed by atoms with Gasteiger partial charge in [-0.3, -0.25) is 4.79 Å². The second kappa shape index (κ2) is 8.35. The van der Waals surface area contributed by atoms with Crippen LogP contribution in [0, 0.1) is 25.7 Å². The Bertz CT molecular complexity index is 866. The first-order valence-electron chi connectivity index (χ1n) is 9.53. The maximum atomic E-state index is 12.4. The van der Waals surface area contributed by atoms with Gasteiger partial charge in [-0.15, -0.1) is 0 Å². The van der Waals surface area contributed by atoms with E-state index in [0.717, 1.165) is 36.6 Å². The summed E-state index contributed by atoms with van der Waals surface area (Å²) in [5.74, 6) is 0.294. The number of esters is 1. The lowest BCUT2D eigenvalue weighted by atomic mass is 9.92. The van der Waals surface area contributed by atoms with Crippen molar-refractivity contribution in [3.8, 4) is 5.69 Å². The summed E-state index contributed by atoms with van der Waals surface area (Å²) < 4.78 is 6.96. The summed E-state index contributed by atoms with van der Waals surface area (Å²) in [6.45, 7) is 9.23. The number of carbonyl (C=O) groups is 2. The monoisotopic (exact) mass is 403 g/mol. The van der Waals surface area contributed by atoms with Crippen molar-refractivity contribution in [2.24, 2.45) is 11.8 Å². The quantitative estimate of drug-likeness (QED) is 0.728. The van der Waals surface area contributed by atoms with E-state index in [1.54, 1.807) is 33.8 Å². The summed E-state index contributed by atoms with van der Waals surface area (Å²) in [6.07, 6.45) is 1.12. The van der Waals surface area contributed by atoms with E-state index in [1.807, 2.05) is 13.8 Å². The van der Waals surface area contributed by atoms with Gasteiger partial charge in [-0.25, -0.2) is 9.48 Å². The highest BCUT2D eigenvalue weighted by molar-refractivity contribution is 6.31. The average molecular weight is 404 g/mol. The summed E-state index contributed by atoms with van der Waals surface area (Å²) in [4.78, 5) is 26.5. The molecule has 7 heteroatoms. The number of nitrogens with zero attached hydrogens (tertiary/aromatic N) is 3. The molecular weight excluding hydrogens is 378 g/mol. The van der Waals surface area contributed by atoms with Crippen molar-refractivity contribution in [2.45, 2.75) is 34.1 Å². The second-order valence-corrected chi connectivity index (χ2v) is 8.14. The Morgan fingerprint density at radius 2 is 1.75 bits per heavy atom. The molecule has 1 saturated heterocycles. The van der Waals surface area contributed by atoms with Crippen LogP contribution >= 0.6 is 11.6 Å². The van der Waals surface area contributed by atoms with Gasteiger partial charge in [0.2, 0.25) is 0 Å². The third kappa shape index (κ3) is 4.38. The lowest BCUT2D eigenvalue weighted by Crippen LogP contribution is -2.44. The first-order chi connectivity index (χ1) is 13.3. The van der Waals surface area contributed by atoms with Gasteiger partial charge in [-0.2, -0.15) is 5.10 Å². The molecule has 3 rings (SSSR count). The molecule has 2 unspecified atom stereocenters. The van der Waals surface area contributed by atoms with Crippen LogP contribution in [-0.2, 0) is 9.53 Å². The van der Waals surface area contributed by atoms with E-state index in [-0.39, 0.29) is 12.5 Å². The van der Waals surface area contributed by atoms with E-state index in [0.29, 0.717) is 22.4 Å². The van der Waals surface area contributed by atoms with Gasteiger partial charge >= 0.3 is 5.97 Å². The molecule has 0 radical (unpaired) electrons. The summed E-state index contributed by atoms with van der Waals surface area (Å²) in [5, 5.41) is 5.02. The minimum absolute atomic E-state index is 0.138. The number of halogens is 1. The molecule has 0 N–H and O–H groups in total. The number of likely N-dealkylation sites (tertiary alicyclic amines) is 1. The van der Waals surface area contributed by atoms with Crippen molar-refractivity contribution in [2.75, 3.05) is 19.7 Å². The normalized spacial score (nSPS) is 19.5. The van der Waals surface area contributed by atoms with Crippen LogP contribution < -0.4 is 0 Å². The van der Waals surface area contributed by atoms with Gasteiger partial charge in [0, 0.05) is 13.1 Å². The van der Waals surface area contributed by atoms with Crippen LogP contribution in [0.2, 0.25) is 5.02 Å². The summed E-state index contributed by atoms with van der Waals surface area (Å²) in [6, 6.07) is 6.89. The van der Waals surface area contributed by atoms with Crippen LogP contribution in [0.1, 0.15) is 42.0 Å². The van der Waals surface area contributed by atoms with Crippen molar-refractivity contribution < 1.29 is 14.3 Å². The molecule has 0 bridgehead atoms. The molecule has 0 spiro atoms. The van der Waals surface area contributed by atoms with Crippen molar-refractivity contribution in [3.05, 3.63) is 46.2 Å². The highest BCUT2D eigenvalue weighted by Gasteiger charge is 2.26. The molecule has 1 aromatic heterocycles. The molecule has 1 aliphatic heterocycles.